The molecule has 5 N–H and O–H groups in total. The fourth-order valence-electron chi connectivity index (χ4n) is 2.25. The Morgan fingerprint density at radius 3 is 2.78 bits per heavy atom. The highest BCUT2D eigenvalue weighted by molar-refractivity contribution is 5.96. The molecule has 5 nitrogen and oxygen atoms in total. The highest BCUT2D eigenvalue weighted by Crippen LogP contribution is 2.14. The van der Waals surface area contributed by atoms with E-state index in [0.29, 0.717) is 12.1 Å². The summed E-state index contributed by atoms with van der Waals surface area (Å²) in [6.07, 6.45) is 0. The van der Waals surface area contributed by atoms with Crippen LogP contribution in [0.25, 0.3) is 0 Å². The molecule has 0 unspecified atom stereocenters. The normalized spacial score (nSPS) is 16.4. The number of phenolic OH excluding ortho intramolecular Hbond substituents is 1. The molecule has 1 aromatic carbocycles. The van der Waals surface area contributed by atoms with Crippen LogP contribution in [-0.4, -0.2) is 50.3 Å². The van der Waals surface area contributed by atoms with Gasteiger partial charge in [-0.3, -0.25) is 4.79 Å². The molecule has 1 aliphatic rings. The number of aromatic hydroxyl groups is 1. The molecule has 0 aromatic heterocycles. The van der Waals surface area contributed by atoms with Gasteiger partial charge in [-0.05, 0) is 12.1 Å². The number of para-hydroxylation sites is 1. The summed E-state index contributed by atoms with van der Waals surface area (Å²) in [4.78, 5) is 13.4. The Kier molecular flexibility index (Phi) is 4.55. The highest BCUT2D eigenvalue weighted by Gasteiger charge is 2.15. The smallest absolute Gasteiger partial charge is 0.255 e. The first-order valence-electron chi connectivity index (χ1n) is 6.49. The Labute approximate surface area is 107 Å². The zero-order chi connectivity index (χ0) is 12.8. The maximum absolute atomic E-state index is 11.8. The number of carbonyl (C=O) groups is 1. The van der Waals surface area contributed by atoms with Gasteiger partial charge in [0.05, 0.1) is 18.7 Å². The molecule has 5 heteroatoms. The van der Waals surface area contributed by atoms with E-state index in [1.165, 1.54) is 24.1 Å². The van der Waals surface area contributed by atoms with Crippen molar-refractivity contribution in [1.29, 1.82) is 0 Å². The zero-order valence-corrected chi connectivity index (χ0v) is 10.5. The van der Waals surface area contributed by atoms with Crippen LogP contribution in [-0.2, 0) is 0 Å². The molecule has 1 saturated heterocycles. The van der Waals surface area contributed by atoms with Crippen LogP contribution in [0.1, 0.15) is 10.4 Å². The SMILES string of the molecule is O=C(NCC[NH+]1CC[NH2+]CC1)c1ccccc1O. The number of nitrogens with two attached hydrogens (primary N) is 1. The quantitative estimate of drug-likeness (QED) is 0.481. The third-order valence-electron chi connectivity index (χ3n) is 3.32. The van der Waals surface area contributed by atoms with Crippen molar-refractivity contribution in [1.82, 2.24) is 5.32 Å². The fraction of sp³-hybridized carbons (Fsp3) is 0.462. The Morgan fingerprint density at radius 2 is 2.06 bits per heavy atom. The minimum Gasteiger partial charge on any atom is -0.507 e. The number of hydrogen-bond donors (Lipinski definition) is 4. The number of quaternary nitrogens is 2. The molecule has 1 fully saturated rings. The van der Waals surface area contributed by atoms with Crippen LogP contribution in [0, 0.1) is 0 Å². The molecule has 1 amide bonds. The number of amides is 1. The van der Waals surface area contributed by atoms with Gasteiger partial charge in [0.15, 0.2) is 0 Å². The van der Waals surface area contributed by atoms with Crippen LogP contribution in [0.15, 0.2) is 24.3 Å². The van der Waals surface area contributed by atoms with E-state index in [1.54, 1.807) is 18.2 Å². The topological polar surface area (TPSA) is 70.4 Å². The molecule has 0 radical (unpaired) electrons. The average molecular weight is 251 g/mol. The Bertz CT molecular complexity index is 403. The molecule has 0 bridgehead atoms. The zero-order valence-electron chi connectivity index (χ0n) is 10.5. The third-order valence-corrected chi connectivity index (χ3v) is 3.32. The molecule has 18 heavy (non-hydrogen) atoms. The summed E-state index contributed by atoms with van der Waals surface area (Å²) >= 11 is 0. The predicted molar refractivity (Wildman–Crippen MR) is 67.7 cm³/mol. The third kappa shape index (κ3) is 3.45. The monoisotopic (exact) mass is 251 g/mol. The van der Waals surface area contributed by atoms with Crippen molar-refractivity contribution in [2.24, 2.45) is 0 Å². The summed E-state index contributed by atoms with van der Waals surface area (Å²) < 4.78 is 0. The molecule has 2 rings (SSSR count). The number of rotatable bonds is 4. The van der Waals surface area contributed by atoms with E-state index >= 15 is 0 Å². The van der Waals surface area contributed by atoms with Crippen LogP contribution in [0.2, 0.25) is 0 Å². The van der Waals surface area contributed by atoms with Crippen LogP contribution >= 0.6 is 0 Å². The second kappa shape index (κ2) is 6.37. The van der Waals surface area contributed by atoms with Crippen molar-refractivity contribution in [3.63, 3.8) is 0 Å². The van der Waals surface area contributed by atoms with Gasteiger partial charge in [-0.15, -0.1) is 0 Å². The first-order valence-corrected chi connectivity index (χ1v) is 6.49. The highest BCUT2D eigenvalue weighted by atomic mass is 16.3. The Hall–Kier alpha value is -1.59. The summed E-state index contributed by atoms with van der Waals surface area (Å²) in [5.74, 6) is -0.161. The fourth-order valence-corrected chi connectivity index (χ4v) is 2.25. The van der Waals surface area contributed by atoms with E-state index in [-0.39, 0.29) is 11.7 Å². The molecular formula is C13H21N3O2+2. The number of benzene rings is 1. The van der Waals surface area contributed by atoms with Gasteiger partial charge < -0.3 is 20.6 Å². The molecule has 1 aromatic rings. The van der Waals surface area contributed by atoms with Gasteiger partial charge in [-0.2, -0.15) is 0 Å². The molecule has 0 saturated carbocycles. The maximum atomic E-state index is 11.8. The van der Waals surface area contributed by atoms with Gasteiger partial charge in [0.1, 0.15) is 31.9 Å². The predicted octanol–water partition coefficient (Wildman–Crippen LogP) is -2.42. The van der Waals surface area contributed by atoms with Gasteiger partial charge in [0.2, 0.25) is 0 Å². The summed E-state index contributed by atoms with van der Waals surface area (Å²) in [5.41, 5.74) is 0.347. The lowest BCUT2D eigenvalue weighted by Crippen LogP contribution is -3.20. The molecule has 98 valence electrons. The lowest BCUT2D eigenvalue weighted by atomic mass is 10.2. The van der Waals surface area contributed by atoms with E-state index in [2.05, 4.69) is 10.6 Å². The molecule has 0 aliphatic carbocycles. The Balaban J connectivity index is 1.76. The van der Waals surface area contributed by atoms with E-state index in [1.807, 2.05) is 0 Å². The van der Waals surface area contributed by atoms with Gasteiger partial charge in [-0.1, -0.05) is 12.1 Å². The number of phenols is 1. The van der Waals surface area contributed by atoms with Crippen molar-refractivity contribution in [3.8, 4) is 5.75 Å². The van der Waals surface area contributed by atoms with Crippen molar-refractivity contribution < 1.29 is 20.1 Å². The maximum Gasteiger partial charge on any atom is 0.255 e. The Morgan fingerprint density at radius 1 is 1.33 bits per heavy atom. The van der Waals surface area contributed by atoms with Crippen LogP contribution in [0.4, 0.5) is 0 Å². The molecule has 1 heterocycles. The summed E-state index contributed by atoms with van der Waals surface area (Å²) in [6.45, 7) is 6.26. The van der Waals surface area contributed by atoms with Gasteiger partial charge in [0, 0.05) is 0 Å². The minimum atomic E-state index is -0.198. The van der Waals surface area contributed by atoms with Crippen molar-refractivity contribution in [3.05, 3.63) is 29.8 Å². The minimum absolute atomic E-state index is 0.0370. The van der Waals surface area contributed by atoms with E-state index in [9.17, 15) is 9.90 Å². The number of nitrogens with one attached hydrogen (secondary N) is 2. The summed E-state index contributed by atoms with van der Waals surface area (Å²) in [6, 6.07) is 6.62. The van der Waals surface area contributed by atoms with E-state index < -0.39 is 0 Å². The molecular weight excluding hydrogens is 230 g/mol. The number of hydrogen-bond acceptors (Lipinski definition) is 2. The van der Waals surface area contributed by atoms with Crippen molar-refractivity contribution >= 4 is 5.91 Å². The van der Waals surface area contributed by atoms with Gasteiger partial charge in [-0.25, -0.2) is 0 Å². The van der Waals surface area contributed by atoms with Gasteiger partial charge >= 0.3 is 0 Å². The van der Waals surface area contributed by atoms with Crippen LogP contribution in [0.5, 0.6) is 5.75 Å². The first kappa shape index (κ1) is 12.9. The average Bonchev–Trinajstić information content (AvgIpc) is 2.40. The number of piperazine rings is 1. The number of carbonyl (C=O) groups excluding carboxylic acids is 1. The van der Waals surface area contributed by atoms with Gasteiger partial charge in [0.25, 0.3) is 5.91 Å². The molecule has 0 spiro atoms. The van der Waals surface area contributed by atoms with E-state index in [0.717, 1.165) is 19.6 Å². The van der Waals surface area contributed by atoms with Crippen LogP contribution in [0.3, 0.4) is 0 Å². The summed E-state index contributed by atoms with van der Waals surface area (Å²) in [5, 5.41) is 14.7. The van der Waals surface area contributed by atoms with E-state index in [4.69, 9.17) is 0 Å². The summed E-state index contributed by atoms with van der Waals surface area (Å²) in [7, 11) is 0. The molecule has 0 atom stereocenters. The lowest BCUT2D eigenvalue weighted by Gasteiger charge is -2.22. The first-order chi connectivity index (χ1) is 8.77. The second-order valence-electron chi connectivity index (χ2n) is 4.64. The largest absolute Gasteiger partial charge is 0.507 e. The molecule has 1 aliphatic heterocycles. The lowest BCUT2D eigenvalue weighted by molar-refractivity contribution is -0.945. The van der Waals surface area contributed by atoms with Crippen molar-refractivity contribution in [2.45, 2.75) is 0 Å². The van der Waals surface area contributed by atoms with Crippen molar-refractivity contribution in [2.75, 3.05) is 39.3 Å². The van der Waals surface area contributed by atoms with Crippen LogP contribution < -0.4 is 15.5 Å². The standard InChI is InChI=1S/C13H19N3O2/c17-12-4-2-1-3-11(12)13(18)15-7-10-16-8-5-14-6-9-16/h1-4,14,17H,5-10H2,(H,15,18)/p+2. The second-order valence-corrected chi connectivity index (χ2v) is 4.64.